The van der Waals surface area contributed by atoms with Gasteiger partial charge in [-0.15, -0.1) is 0 Å². The molecule has 1 N–H and O–H groups in total. The van der Waals surface area contributed by atoms with Gasteiger partial charge < -0.3 is 10.2 Å². The lowest BCUT2D eigenvalue weighted by atomic mass is 10.1. The molecule has 2 saturated heterocycles. The average Bonchev–Trinajstić information content (AvgIpc) is 2.63. The zero-order valence-electron chi connectivity index (χ0n) is 15.0. The maximum absolute atomic E-state index is 13.6. The predicted molar refractivity (Wildman–Crippen MR) is 96.4 cm³/mol. The van der Waals surface area contributed by atoms with Crippen LogP contribution in [-0.2, 0) is 10.0 Å². The molecule has 1 atom stereocenters. The molecule has 0 aliphatic carbocycles. The maximum Gasteiger partial charge on any atom is 0.243 e. The van der Waals surface area contributed by atoms with Gasteiger partial charge in [-0.25, -0.2) is 17.2 Å². The van der Waals surface area contributed by atoms with Crippen LogP contribution in [0, 0.1) is 11.6 Å². The monoisotopic (exact) mass is 387 g/mol. The van der Waals surface area contributed by atoms with E-state index in [0.29, 0.717) is 25.7 Å². The maximum atomic E-state index is 13.6. The van der Waals surface area contributed by atoms with Gasteiger partial charge in [0.15, 0.2) is 0 Å². The first kappa shape index (κ1) is 19.7. The van der Waals surface area contributed by atoms with Crippen molar-refractivity contribution < 1.29 is 17.2 Å². The Labute approximate surface area is 154 Å². The van der Waals surface area contributed by atoms with Gasteiger partial charge in [-0.3, -0.25) is 0 Å². The molecule has 0 aromatic heterocycles. The highest BCUT2D eigenvalue weighted by molar-refractivity contribution is 7.89. The Morgan fingerprint density at radius 3 is 2.38 bits per heavy atom. The molecular formula is C18H27F2N3O2S. The fourth-order valence-corrected chi connectivity index (χ4v) is 5.50. The van der Waals surface area contributed by atoms with Crippen molar-refractivity contribution in [2.45, 2.75) is 43.0 Å². The molecule has 2 aliphatic rings. The smallest absolute Gasteiger partial charge is 0.243 e. The van der Waals surface area contributed by atoms with Gasteiger partial charge in [-0.05, 0) is 57.5 Å². The highest BCUT2D eigenvalue weighted by Gasteiger charge is 2.33. The normalized spacial score (nSPS) is 22.7. The van der Waals surface area contributed by atoms with Crippen molar-refractivity contribution in [3.05, 3.63) is 29.8 Å². The first-order valence-electron chi connectivity index (χ1n) is 9.38. The Morgan fingerprint density at radius 2 is 1.77 bits per heavy atom. The zero-order chi connectivity index (χ0) is 18.6. The van der Waals surface area contributed by atoms with E-state index in [1.165, 1.54) is 10.7 Å². The SMILES string of the molecule is O=S(=O)(c1cc(F)cc(F)c1)N(CCN1CCCCC1)C1CCCNC1. The molecule has 146 valence electrons. The minimum absolute atomic E-state index is 0.190. The van der Waals surface area contributed by atoms with Gasteiger partial charge in [-0.1, -0.05) is 6.42 Å². The third kappa shape index (κ3) is 4.79. The number of benzene rings is 1. The Kier molecular flexibility index (Phi) is 6.60. The van der Waals surface area contributed by atoms with Gasteiger partial charge in [0.05, 0.1) is 4.90 Å². The van der Waals surface area contributed by atoms with Gasteiger partial charge in [-0.2, -0.15) is 4.31 Å². The topological polar surface area (TPSA) is 52.7 Å². The van der Waals surface area contributed by atoms with Gasteiger partial charge in [0, 0.05) is 31.7 Å². The quantitative estimate of drug-likeness (QED) is 0.813. The summed E-state index contributed by atoms with van der Waals surface area (Å²) in [5.41, 5.74) is 0. The molecule has 1 aromatic carbocycles. The van der Waals surface area contributed by atoms with E-state index in [1.54, 1.807) is 0 Å². The number of hydrogen-bond acceptors (Lipinski definition) is 4. The Balaban J connectivity index is 1.82. The summed E-state index contributed by atoms with van der Waals surface area (Å²) in [7, 11) is -3.96. The van der Waals surface area contributed by atoms with Gasteiger partial charge in [0.2, 0.25) is 10.0 Å². The van der Waals surface area contributed by atoms with E-state index in [2.05, 4.69) is 10.2 Å². The number of halogens is 2. The molecule has 0 bridgehead atoms. The standard InChI is InChI=1S/C18H27F2N3O2S/c19-15-11-16(20)13-18(12-15)26(24,25)23(17-5-4-6-21-14-17)10-9-22-7-2-1-3-8-22/h11-13,17,21H,1-10,14H2. The molecule has 0 radical (unpaired) electrons. The summed E-state index contributed by atoms with van der Waals surface area (Å²) in [6, 6.07) is 2.31. The molecule has 3 rings (SSSR count). The number of sulfonamides is 1. The minimum atomic E-state index is -3.96. The van der Waals surface area contributed by atoms with Crippen LogP contribution in [0.1, 0.15) is 32.1 Å². The minimum Gasteiger partial charge on any atom is -0.315 e. The van der Waals surface area contributed by atoms with Crippen LogP contribution in [0.2, 0.25) is 0 Å². The van der Waals surface area contributed by atoms with Crippen molar-refractivity contribution in [2.24, 2.45) is 0 Å². The molecule has 0 amide bonds. The highest BCUT2D eigenvalue weighted by Crippen LogP contribution is 2.23. The van der Waals surface area contributed by atoms with Crippen LogP contribution in [0.3, 0.4) is 0 Å². The Bertz CT molecular complexity index is 682. The van der Waals surface area contributed by atoms with Crippen LogP contribution in [0.15, 0.2) is 23.1 Å². The number of nitrogens with one attached hydrogen (secondary N) is 1. The third-order valence-corrected chi connectivity index (χ3v) is 7.14. The van der Waals surface area contributed by atoms with E-state index >= 15 is 0 Å². The van der Waals surface area contributed by atoms with Crippen LogP contribution in [0.25, 0.3) is 0 Å². The lowest BCUT2D eigenvalue weighted by Crippen LogP contribution is -2.51. The summed E-state index contributed by atoms with van der Waals surface area (Å²) >= 11 is 0. The number of piperidine rings is 2. The predicted octanol–water partition coefficient (Wildman–Crippen LogP) is 2.19. The summed E-state index contributed by atoms with van der Waals surface area (Å²) < 4.78 is 55.0. The summed E-state index contributed by atoms with van der Waals surface area (Å²) in [5, 5.41) is 3.23. The van der Waals surface area contributed by atoms with Gasteiger partial charge >= 0.3 is 0 Å². The second-order valence-electron chi connectivity index (χ2n) is 7.12. The van der Waals surface area contributed by atoms with Crippen molar-refractivity contribution >= 4 is 10.0 Å². The third-order valence-electron chi connectivity index (χ3n) is 5.21. The summed E-state index contributed by atoms with van der Waals surface area (Å²) in [6.45, 7) is 4.37. The Hall–Kier alpha value is -1.09. The number of hydrogen-bond donors (Lipinski definition) is 1. The van der Waals surface area contributed by atoms with Crippen LogP contribution < -0.4 is 5.32 Å². The van der Waals surface area contributed by atoms with E-state index in [-0.39, 0.29) is 10.9 Å². The molecule has 2 fully saturated rings. The Morgan fingerprint density at radius 1 is 1.08 bits per heavy atom. The lowest BCUT2D eigenvalue weighted by Gasteiger charge is -2.36. The summed E-state index contributed by atoms with van der Waals surface area (Å²) in [5.74, 6) is -1.75. The molecule has 2 aliphatic heterocycles. The second kappa shape index (κ2) is 8.73. The molecule has 8 heteroatoms. The lowest BCUT2D eigenvalue weighted by molar-refractivity contribution is 0.190. The van der Waals surface area contributed by atoms with Crippen LogP contribution >= 0.6 is 0 Å². The molecule has 1 aromatic rings. The van der Waals surface area contributed by atoms with E-state index in [4.69, 9.17) is 0 Å². The van der Waals surface area contributed by atoms with Crippen molar-refractivity contribution in [2.75, 3.05) is 39.3 Å². The number of nitrogens with zero attached hydrogens (tertiary/aromatic N) is 2. The first-order valence-corrected chi connectivity index (χ1v) is 10.8. The average molecular weight is 387 g/mol. The van der Waals surface area contributed by atoms with E-state index in [0.717, 1.165) is 57.5 Å². The molecule has 26 heavy (non-hydrogen) atoms. The second-order valence-corrected chi connectivity index (χ2v) is 9.01. The summed E-state index contributed by atoms with van der Waals surface area (Å²) in [4.78, 5) is 1.97. The van der Waals surface area contributed by atoms with Crippen LogP contribution in [-0.4, -0.2) is 62.9 Å². The van der Waals surface area contributed by atoms with E-state index < -0.39 is 21.7 Å². The van der Waals surface area contributed by atoms with E-state index in [9.17, 15) is 17.2 Å². The molecule has 0 saturated carbocycles. The number of likely N-dealkylation sites (tertiary alicyclic amines) is 1. The fraction of sp³-hybridized carbons (Fsp3) is 0.667. The van der Waals surface area contributed by atoms with Crippen molar-refractivity contribution in [1.29, 1.82) is 0 Å². The first-order chi connectivity index (χ1) is 12.5. The van der Waals surface area contributed by atoms with Crippen molar-refractivity contribution in [3.8, 4) is 0 Å². The summed E-state index contributed by atoms with van der Waals surface area (Å²) in [6.07, 6.45) is 5.12. The fourth-order valence-electron chi connectivity index (χ4n) is 3.81. The van der Waals surface area contributed by atoms with Crippen LogP contribution in [0.5, 0.6) is 0 Å². The molecular weight excluding hydrogens is 360 g/mol. The zero-order valence-corrected chi connectivity index (χ0v) is 15.8. The largest absolute Gasteiger partial charge is 0.315 e. The number of rotatable bonds is 6. The highest BCUT2D eigenvalue weighted by atomic mass is 32.2. The van der Waals surface area contributed by atoms with Crippen LogP contribution in [0.4, 0.5) is 8.78 Å². The molecule has 5 nitrogen and oxygen atoms in total. The molecule has 0 spiro atoms. The van der Waals surface area contributed by atoms with E-state index in [1.807, 2.05) is 0 Å². The molecule has 2 heterocycles. The van der Waals surface area contributed by atoms with Gasteiger partial charge in [0.25, 0.3) is 0 Å². The van der Waals surface area contributed by atoms with Gasteiger partial charge in [0.1, 0.15) is 11.6 Å². The van der Waals surface area contributed by atoms with Crippen molar-refractivity contribution in [3.63, 3.8) is 0 Å². The molecule has 1 unspecified atom stereocenters. The van der Waals surface area contributed by atoms with Crippen molar-refractivity contribution in [1.82, 2.24) is 14.5 Å².